The molecule has 0 saturated heterocycles. The van der Waals surface area contributed by atoms with Crippen LogP contribution in [0.2, 0.25) is 0 Å². The second kappa shape index (κ2) is 6.27. The minimum Gasteiger partial charge on any atom is -0.492 e. The van der Waals surface area contributed by atoms with Crippen LogP contribution in [0.3, 0.4) is 0 Å². The number of primary amides is 1. The second-order valence-electron chi connectivity index (χ2n) is 4.58. The number of carbonyl (C=O) groups is 1. The molecule has 0 bridgehead atoms. The van der Waals surface area contributed by atoms with Gasteiger partial charge in [0.15, 0.2) is 0 Å². The summed E-state index contributed by atoms with van der Waals surface area (Å²) in [6.07, 6.45) is 0. The minimum absolute atomic E-state index is 0.390. The number of ether oxygens (including phenoxy) is 1. The van der Waals surface area contributed by atoms with Gasteiger partial charge in [0.25, 0.3) is 5.91 Å². The van der Waals surface area contributed by atoms with Crippen LogP contribution in [0.1, 0.15) is 16.1 Å². The predicted molar refractivity (Wildman–Crippen MR) is 80.7 cm³/mol. The number of hydrogen-bond donors (Lipinski definition) is 3. The van der Waals surface area contributed by atoms with Crippen molar-refractivity contribution in [2.75, 3.05) is 18.5 Å². The molecule has 0 atom stereocenters. The molecule has 1 amide bonds. The molecule has 2 aromatic rings. The van der Waals surface area contributed by atoms with Crippen molar-refractivity contribution in [2.24, 2.45) is 18.5 Å². The second-order valence-corrected chi connectivity index (χ2v) is 4.58. The maximum Gasteiger partial charge on any atom is 0.254 e. The summed E-state index contributed by atoms with van der Waals surface area (Å²) in [5.74, 6) is 0.795. The molecule has 7 nitrogen and oxygen atoms in total. The Morgan fingerprint density at radius 1 is 1.38 bits per heavy atom. The number of hydrogen-bond acceptors (Lipinski definition) is 5. The van der Waals surface area contributed by atoms with Gasteiger partial charge in [-0.05, 0) is 31.2 Å². The van der Waals surface area contributed by atoms with Crippen molar-refractivity contribution in [3.8, 4) is 5.75 Å². The molecule has 0 aliphatic carbocycles. The van der Waals surface area contributed by atoms with Gasteiger partial charge in [0.05, 0.1) is 5.69 Å². The lowest BCUT2D eigenvalue weighted by atomic mass is 10.2. The Labute approximate surface area is 122 Å². The fraction of sp³-hybridized carbons (Fsp3) is 0.286. The summed E-state index contributed by atoms with van der Waals surface area (Å²) in [6, 6.07) is 7.34. The van der Waals surface area contributed by atoms with Gasteiger partial charge in [-0.15, -0.1) is 0 Å². The summed E-state index contributed by atoms with van der Waals surface area (Å²) in [5, 5.41) is 7.35. The minimum atomic E-state index is -0.508. The van der Waals surface area contributed by atoms with E-state index in [1.165, 1.54) is 0 Å². The smallest absolute Gasteiger partial charge is 0.254 e. The summed E-state index contributed by atoms with van der Waals surface area (Å²) in [7, 11) is 1.75. The van der Waals surface area contributed by atoms with E-state index in [0.29, 0.717) is 30.2 Å². The van der Waals surface area contributed by atoms with Gasteiger partial charge in [0.2, 0.25) is 0 Å². The highest BCUT2D eigenvalue weighted by Crippen LogP contribution is 2.24. The molecule has 2 rings (SSSR count). The molecule has 21 heavy (non-hydrogen) atoms. The largest absolute Gasteiger partial charge is 0.492 e. The Hall–Kier alpha value is -2.54. The van der Waals surface area contributed by atoms with E-state index >= 15 is 0 Å². The van der Waals surface area contributed by atoms with Gasteiger partial charge in [0.1, 0.15) is 23.7 Å². The number of nitrogens with one attached hydrogen (secondary N) is 1. The van der Waals surface area contributed by atoms with Crippen LogP contribution >= 0.6 is 0 Å². The Balaban J connectivity index is 2.20. The first kappa shape index (κ1) is 14.9. The van der Waals surface area contributed by atoms with Crippen molar-refractivity contribution in [3.63, 3.8) is 0 Å². The summed E-state index contributed by atoms with van der Waals surface area (Å²) in [4.78, 5) is 11.5. The summed E-state index contributed by atoms with van der Waals surface area (Å²) >= 11 is 0. The Kier molecular flexibility index (Phi) is 4.44. The summed E-state index contributed by atoms with van der Waals surface area (Å²) < 4.78 is 7.00. The Morgan fingerprint density at radius 2 is 2.05 bits per heavy atom. The Morgan fingerprint density at radius 3 is 2.62 bits per heavy atom. The number of rotatable bonds is 6. The number of aryl methyl sites for hydroxylation is 2. The third kappa shape index (κ3) is 3.32. The van der Waals surface area contributed by atoms with Gasteiger partial charge in [-0.3, -0.25) is 9.48 Å². The molecule has 1 aromatic carbocycles. The lowest BCUT2D eigenvalue weighted by Gasteiger charge is -2.10. The van der Waals surface area contributed by atoms with Crippen LogP contribution in [0.15, 0.2) is 24.3 Å². The number of carbonyl (C=O) groups excluding carboxylic acids is 1. The zero-order valence-corrected chi connectivity index (χ0v) is 12.1. The van der Waals surface area contributed by atoms with Gasteiger partial charge in [-0.2, -0.15) is 5.10 Å². The topological polar surface area (TPSA) is 108 Å². The lowest BCUT2D eigenvalue weighted by molar-refractivity contribution is 0.100. The standard InChI is InChI=1S/C14H19N5O2/c1-9-12(13(16)20)14(19(2)18-9)17-10-3-5-11(6-4-10)21-8-7-15/h3-6,17H,7-8,15H2,1-2H3,(H2,16,20). The van der Waals surface area contributed by atoms with Crippen molar-refractivity contribution in [1.82, 2.24) is 9.78 Å². The number of nitrogens with two attached hydrogens (primary N) is 2. The molecular weight excluding hydrogens is 270 g/mol. The SMILES string of the molecule is Cc1nn(C)c(Nc2ccc(OCCN)cc2)c1C(N)=O. The summed E-state index contributed by atoms with van der Waals surface area (Å²) in [5.41, 5.74) is 12.6. The number of amides is 1. The van der Waals surface area contributed by atoms with E-state index in [9.17, 15) is 4.79 Å². The number of aromatic nitrogens is 2. The zero-order chi connectivity index (χ0) is 15.4. The molecule has 0 aliphatic heterocycles. The number of anilines is 2. The quantitative estimate of drug-likeness (QED) is 0.732. The summed E-state index contributed by atoms with van der Waals surface area (Å²) in [6.45, 7) is 2.69. The van der Waals surface area contributed by atoms with E-state index in [1.807, 2.05) is 24.3 Å². The molecule has 0 unspecified atom stereocenters. The fourth-order valence-electron chi connectivity index (χ4n) is 2.04. The van der Waals surface area contributed by atoms with Crippen molar-refractivity contribution in [1.29, 1.82) is 0 Å². The highest BCUT2D eigenvalue weighted by molar-refractivity contribution is 5.99. The van der Waals surface area contributed by atoms with E-state index in [1.54, 1.807) is 18.7 Å². The van der Waals surface area contributed by atoms with Crippen LogP contribution in [-0.2, 0) is 7.05 Å². The van der Waals surface area contributed by atoms with Gasteiger partial charge in [0, 0.05) is 19.3 Å². The molecule has 0 saturated carbocycles. The molecule has 0 radical (unpaired) electrons. The molecule has 0 spiro atoms. The molecular formula is C14H19N5O2. The fourth-order valence-corrected chi connectivity index (χ4v) is 2.04. The molecule has 0 aliphatic rings. The van der Waals surface area contributed by atoms with E-state index in [2.05, 4.69) is 10.4 Å². The third-order valence-electron chi connectivity index (χ3n) is 2.97. The van der Waals surface area contributed by atoms with Crippen molar-refractivity contribution in [3.05, 3.63) is 35.5 Å². The Bertz CT molecular complexity index is 634. The molecule has 7 heteroatoms. The highest BCUT2D eigenvalue weighted by atomic mass is 16.5. The number of nitrogens with zero attached hydrogens (tertiary/aromatic N) is 2. The van der Waals surface area contributed by atoms with Crippen LogP contribution in [-0.4, -0.2) is 28.8 Å². The molecule has 5 N–H and O–H groups in total. The van der Waals surface area contributed by atoms with Crippen LogP contribution in [0.25, 0.3) is 0 Å². The van der Waals surface area contributed by atoms with Crippen LogP contribution < -0.4 is 21.5 Å². The van der Waals surface area contributed by atoms with Gasteiger partial charge < -0.3 is 21.5 Å². The van der Waals surface area contributed by atoms with Crippen molar-refractivity contribution < 1.29 is 9.53 Å². The molecule has 112 valence electrons. The average Bonchev–Trinajstić information content (AvgIpc) is 2.72. The molecule has 0 fully saturated rings. The normalized spacial score (nSPS) is 10.4. The van der Waals surface area contributed by atoms with Crippen molar-refractivity contribution in [2.45, 2.75) is 6.92 Å². The lowest BCUT2D eigenvalue weighted by Crippen LogP contribution is -2.14. The first-order chi connectivity index (χ1) is 10.0. The van der Waals surface area contributed by atoms with Gasteiger partial charge in [-0.1, -0.05) is 0 Å². The van der Waals surface area contributed by atoms with E-state index < -0.39 is 5.91 Å². The molecule has 1 aromatic heterocycles. The van der Waals surface area contributed by atoms with Crippen molar-refractivity contribution >= 4 is 17.4 Å². The number of benzene rings is 1. The monoisotopic (exact) mass is 289 g/mol. The molecule has 1 heterocycles. The van der Waals surface area contributed by atoms with Crippen LogP contribution in [0.5, 0.6) is 5.75 Å². The van der Waals surface area contributed by atoms with Crippen LogP contribution in [0.4, 0.5) is 11.5 Å². The maximum absolute atomic E-state index is 11.5. The highest BCUT2D eigenvalue weighted by Gasteiger charge is 2.17. The first-order valence-electron chi connectivity index (χ1n) is 6.56. The van der Waals surface area contributed by atoms with E-state index in [0.717, 1.165) is 11.4 Å². The zero-order valence-electron chi connectivity index (χ0n) is 12.1. The van der Waals surface area contributed by atoms with E-state index in [4.69, 9.17) is 16.2 Å². The van der Waals surface area contributed by atoms with Gasteiger partial charge in [-0.25, -0.2) is 0 Å². The van der Waals surface area contributed by atoms with Gasteiger partial charge >= 0.3 is 0 Å². The maximum atomic E-state index is 11.5. The average molecular weight is 289 g/mol. The predicted octanol–water partition coefficient (Wildman–Crippen LogP) is 0.909. The third-order valence-corrected chi connectivity index (χ3v) is 2.97. The van der Waals surface area contributed by atoms with E-state index in [-0.39, 0.29) is 0 Å². The van der Waals surface area contributed by atoms with Crippen LogP contribution in [0, 0.1) is 6.92 Å². The first-order valence-corrected chi connectivity index (χ1v) is 6.56.